The molecule has 1 rings (SSSR count). The Bertz CT molecular complexity index is 531. The highest BCUT2D eigenvalue weighted by atomic mass is 16.5. The van der Waals surface area contributed by atoms with Gasteiger partial charge in [-0.1, -0.05) is 47.1 Å². The lowest BCUT2D eigenvalue weighted by atomic mass is 9.90. The Morgan fingerprint density at radius 1 is 1.16 bits per heavy atom. The van der Waals surface area contributed by atoms with E-state index in [1.54, 1.807) is 0 Å². The van der Waals surface area contributed by atoms with Gasteiger partial charge in [-0.3, -0.25) is 4.79 Å². The molecule has 0 heterocycles. The van der Waals surface area contributed by atoms with Gasteiger partial charge in [-0.15, -0.1) is 0 Å². The van der Waals surface area contributed by atoms with E-state index in [4.69, 9.17) is 10.5 Å². The molecule has 0 aliphatic rings. The van der Waals surface area contributed by atoms with Gasteiger partial charge in [0.15, 0.2) is 0 Å². The van der Waals surface area contributed by atoms with Crippen LogP contribution in [0.3, 0.4) is 0 Å². The third-order valence-corrected chi connectivity index (χ3v) is 4.31. The fourth-order valence-electron chi connectivity index (χ4n) is 3.29. The van der Waals surface area contributed by atoms with Crippen molar-refractivity contribution in [2.24, 2.45) is 11.8 Å². The fourth-order valence-corrected chi connectivity index (χ4v) is 3.29. The largest absolute Gasteiger partial charge is 0.469 e. The van der Waals surface area contributed by atoms with Crippen molar-refractivity contribution in [1.29, 1.82) is 0 Å². The number of nitrogens with two attached hydrogens (primary N) is 1. The number of rotatable bonds is 10. The third-order valence-electron chi connectivity index (χ3n) is 4.31. The number of anilines is 2. The summed E-state index contributed by atoms with van der Waals surface area (Å²) in [6, 6.07) is 6.30. The Labute approximate surface area is 153 Å². The molecule has 0 radical (unpaired) electrons. The molecular formula is C21H36N2O2. The second kappa shape index (κ2) is 10.3. The van der Waals surface area contributed by atoms with E-state index in [1.807, 2.05) is 6.07 Å². The molecule has 0 saturated carbocycles. The molecule has 0 aliphatic carbocycles. The minimum Gasteiger partial charge on any atom is -0.469 e. The zero-order chi connectivity index (χ0) is 19.0. The predicted octanol–water partition coefficient (Wildman–Crippen LogP) is 4.83. The molecule has 4 nitrogen and oxygen atoms in total. The number of ether oxygens (including phenoxy) is 1. The Morgan fingerprint density at radius 3 is 2.20 bits per heavy atom. The molecule has 1 atom stereocenters. The van der Waals surface area contributed by atoms with Crippen LogP contribution >= 0.6 is 0 Å². The van der Waals surface area contributed by atoms with Gasteiger partial charge in [0.2, 0.25) is 0 Å². The maximum absolute atomic E-state index is 11.7. The van der Waals surface area contributed by atoms with Crippen LogP contribution in [0.25, 0.3) is 0 Å². The van der Waals surface area contributed by atoms with Crippen molar-refractivity contribution in [3.63, 3.8) is 0 Å². The van der Waals surface area contributed by atoms with Gasteiger partial charge >= 0.3 is 5.97 Å². The highest BCUT2D eigenvalue weighted by Crippen LogP contribution is 2.32. The number of nitrogen functional groups attached to an aromatic ring is 1. The number of carbonyl (C=O) groups is 1. The predicted molar refractivity (Wildman–Crippen MR) is 107 cm³/mol. The Morgan fingerprint density at radius 2 is 1.76 bits per heavy atom. The van der Waals surface area contributed by atoms with Crippen LogP contribution in [0, 0.1) is 11.8 Å². The standard InChI is InChI=1S/C21H36N2O2/c1-7-8-17(12-21(24)25-6)18-9-10-20(19(22)11-18)23(13-15(2)3)14-16(4)5/h9-11,15-17H,7-8,12-14,22H2,1-6H3. The van der Waals surface area contributed by atoms with Crippen molar-refractivity contribution < 1.29 is 9.53 Å². The zero-order valence-corrected chi connectivity index (χ0v) is 16.8. The summed E-state index contributed by atoms with van der Waals surface area (Å²) in [4.78, 5) is 14.1. The van der Waals surface area contributed by atoms with E-state index in [-0.39, 0.29) is 11.9 Å². The first-order valence-electron chi connectivity index (χ1n) is 9.49. The molecule has 0 spiro atoms. The minimum atomic E-state index is -0.164. The number of methoxy groups -OCH3 is 1. The zero-order valence-electron chi connectivity index (χ0n) is 16.8. The van der Waals surface area contributed by atoms with Crippen molar-refractivity contribution in [3.8, 4) is 0 Å². The van der Waals surface area contributed by atoms with Gasteiger partial charge in [0.05, 0.1) is 24.9 Å². The lowest BCUT2D eigenvalue weighted by Gasteiger charge is -2.30. The molecule has 0 saturated heterocycles. The van der Waals surface area contributed by atoms with Gasteiger partial charge in [-0.25, -0.2) is 0 Å². The summed E-state index contributed by atoms with van der Waals surface area (Å²) in [6.07, 6.45) is 2.39. The number of hydrogen-bond acceptors (Lipinski definition) is 4. The summed E-state index contributed by atoms with van der Waals surface area (Å²) >= 11 is 0. The minimum absolute atomic E-state index is 0.164. The summed E-state index contributed by atoms with van der Waals surface area (Å²) in [7, 11) is 1.44. The molecule has 0 fully saturated rings. The molecule has 2 N–H and O–H groups in total. The molecule has 1 unspecified atom stereocenters. The van der Waals surface area contributed by atoms with E-state index in [0.29, 0.717) is 18.3 Å². The molecule has 4 heteroatoms. The van der Waals surface area contributed by atoms with Gasteiger partial charge in [-0.2, -0.15) is 0 Å². The van der Waals surface area contributed by atoms with Crippen LogP contribution in [-0.4, -0.2) is 26.2 Å². The van der Waals surface area contributed by atoms with Crippen molar-refractivity contribution in [2.75, 3.05) is 30.8 Å². The number of nitrogens with zero attached hydrogens (tertiary/aromatic N) is 1. The second-order valence-corrected chi connectivity index (χ2v) is 7.78. The highest BCUT2D eigenvalue weighted by molar-refractivity contribution is 5.72. The first-order chi connectivity index (χ1) is 11.8. The maximum atomic E-state index is 11.7. The van der Waals surface area contributed by atoms with Crippen molar-refractivity contribution in [1.82, 2.24) is 0 Å². The highest BCUT2D eigenvalue weighted by Gasteiger charge is 2.19. The number of carbonyl (C=O) groups excluding carboxylic acids is 1. The van der Waals surface area contributed by atoms with Gasteiger partial charge in [0.25, 0.3) is 0 Å². The summed E-state index contributed by atoms with van der Waals surface area (Å²) < 4.78 is 4.85. The van der Waals surface area contributed by atoms with E-state index in [1.165, 1.54) is 7.11 Å². The van der Waals surface area contributed by atoms with Crippen molar-refractivity contribution in [2.45, 2.75) is 59.8 Å². The van der Waals surface area contributed by atoms with Gasteiger partial charge < -0.3 is 15.4 Å². The van der Waals surface area contributed by atoms with Crippen LogP contribution in [0.4, 0.5) is 11.4 Å². The Kier molecular flexibility index (Phi) is 8.81. The van der Waals surface area contributed by atoms with E-state index in [0.717, 1.165) is 42.9 Å². The molecular weight excluding hydrogens is 312 g/mol. The van der Waals surface area contributed by atoms with E-state index < -0.39 is 0 Å². The van der Waals surface area contributed by atoms with Crippen LogP contribution in [0.5, 0.6) is 0 Å². The molecule has 1 aromatic rings. The number of esters is 1. The molecule has 0 bridgehead atoms. The van der Waals surface area contributed by atoms with Gasteiger partial charge in [-0.05, 0) is 41.9 Å². The number of benzene rings is 1. The van der Waals surface area contributed by atoms with E-state index in [2.05, 4.69) is 51.7 Å². The molecule has 0 amide bonds. The van der Waals surface area contributed by atoms with Gasteiger partial charge in [0.1, 0.15) is 0 Å². The smallest absolute Gasteiger partial charge is 0.306 e. The second-order valence-electron chi connectivity index (χ2n) is 7.78. The summed E-state index contributed by atoms with van der Waals surface area (Å²) in [5.41, 5.74) is 9.43. The molecule has 0 aromatic heterocycles. The SMILES string of the molecule is CCCC(CC(=O)OC)c1ccc(N(CC(C)C)CC(C)C)c(N)c1. The van der Waals surface area contributed by atoms with E-state index in [9.17, 15) is 4.79 Å². The quantitative estimate of drug-likeness (QED) is 0.486. The summed E-state index contributed by atoms with van der Waals surface area (Å²) in [5.74, 6) is 1.15. The Hall–Kier alpha value is -1.71. The van der Waals surface area contributed by atoms with Crippen LogP contribution < -0.4 is 10.6 Å². The third kappa shape index (κ3) is 6.97. The van der Waals surface area contributed by atoms with Crippen LogP contribution in [0.15, 0.2) is 18.2 Å². The molecule has 25 heavy (non-hydrogen) atoms. The fraction of sp³-hybridized carbons (Fsp3) is 0.667. The lowest BCUT2D eigenvalue weighted by Crippen LogP contribution is -2.32. The van der Waals surface area contributed by atoms with Crippen molar-refractivity contribution in [3.05, 3.63) is 23.8 Å². The van der Waals surface area contributed by atoms with Gasteiger partial charge in [0, 0.05) is 13.1 Å². The molecule has 142 valence electrons. The number of hydrogen-bond donors (Lipinski definition) is 1. The normalized spacial score (nSPS) is 12.5. The molecule has 1 aromatic carbocycles. The average molecular weight is 349 g/mol. The van der Waals surface area contributed by atoms with Crippen LogP contribution in [0.2, 0.25) is 0 Å². The van der Waals surface area contributed by atoms with Crippen LogP contribution in [-0.2, 0) is 9.53 Å². The maximum Gasteiger partial charge on any atom is 0.306 e. The summed E-state index contributed by atoms with van der Waals surface area (Å²) in [5, 5.41) is 0. The van der Waals surface area contributed by atoms with E-state index >= 15 is 0 Å². The average Bonchev–Trinajstić information content (AvgIpc) is 2.52. The Balaban J connectivity index is 3.07. The first-order valence-corrected chi connectivity index (χ1v) is 9.49. The topological polar surface area (TPSA) is 55.6 Å². The lowest BCUT2D eigenvalue weighted by molar-refractivity contribution is -0.141. The van der Waals surface area contributed by atoms with Crippen LogP contribution in [0.1, 0.15) is 65.4 Å². The monoisotopic (exact) mass is 348 g/mol. The van der Waals surface area contributed by atoms with Crippen molar-refractivity contribution >= 4 is 17.3 Å². The molecule has 0 aliphatic heterocycles. The summed E-state index contributed by atoms with van der Waals surface area (Å²) in [6.45, 7) is 13.0. The first kappa shape index (κ1) is 21.3.